The highest BCUT2D eigenvalue weighted by Crippen LogP contribution is 2.23. The number of hydrogen-bond acceptors (Lipinski definition) is 5. The highest BCUT2D eigenvalue weighted by molar-refractivity contribution is 7.14. The molecule has 0 saturated carbocycles. The summed E-state index contributed by atoms with van der Waals surface area (Å²) in [7, 11) is 1.56. The Morgan fingerprint density at radius 2 is 2.29 bits per heavy atom. The van der Waals surface area contributed by atoms with Crippen LogP contribution in [0.2, 0.25) is 0 Å². The summed E-state index contributed by atoms with van der Waals surface area (Å²) in [6.07, 6.45) is 2.57. The van der Waals surface area contributed by atoms with E-state index in [1.165, 1.54) is 24.2 Å². The van der Waals surface area contributed by atoms with Gasteiger partial charge >= 0.3 is 0 Å². The summed E-state index contributed by atoms with van der Waals surface area (Å²) in [6, 6.07) is 7.19. The SMILES string of the molecule is COc1ccccc1C(=O)Nc1nc(CN2CCCC(C)C2)cs1. The normalized spacial score (nSPS) is 18.3. The van der Waals surface area contributed by atoms with Gasteiger partial charge in [-0.15, -0.1) is 11.3 Å². The summed E-state index contributed by atoms with van der Waals surface area (Å²) in [5, 5.41) is 5.52. The van der Waals surface area contributed by atoms with E-state index in [1.54, 1.807) is 19.2 Å². The maximum absolute atomic E-state index is 12.4. The number of nitrogens with zero attached hydrogens (tertiary/aromatic N) is 2. The lowest BCUT2D eigenvalue weighted by Gasteiger charge is -2.30. The number of aromatic nitrogens is 1. The molecule has 0 radical (unpaired) electrons. The van der Waals surface area contributed by atoms with E-state index in [9.17, 15) is 4.79 Å². The molecule has 1 fully saturated rings. The van der Waals surface area contributed by atoms with Crippen LogP contribution in [0.1, 0.15) is 35.8 Å². The molecule has 5 nitrogen and oxygen atoms in total. The minimum absolute atomic E-state index is 0.194. The van der Waals surface area contributed by atoms with E-state index >= 15 is 0 Å². The first-order valence-corrected chi connectivity index (χ1v) is 9.15. The highest BCUT2D eigenvalue weighted by atomic mass is 32.1. The number of carbonyl (C=O) groups excluding carboxylic acids is 1. The fourth-order valence-electron chi connectivity index (χ4n) is 3.09. The number of anilines is 1. The average Bonchev–Trinajstić information content (AvgIpc) is 3.01. The van der Waals surface area contributed by atoms with Crippen molar-refractivity contribution in [3.63, 3.8) is 0 Å². The number of likely N-dealkylation sites (tertiary alicyclic amines) is 1. The third kappa shape index (κ3) is 4.13. The van der Waals surface area contributed by atoms with Crippen molar-refractivity contribution in [2.24, 2.45) is 5.92 Å². The Balaban J connectivity index is 1.62. The lowest BCUT2D eigenvalue weighted by Crippen LogP contribution is -2.33. The molecule has 1 aliphatic rings. The van der Waals surface area contributed by atoms with Crippen molar-refractivity contribution < 1.29 is 9.53 Å². The van der Waals surface area contributed by atoms with Gasteiger partial charge in [0.2, 0.25) is 0 Å². The van der Waals surface area contributed by atoms with E-state index in [1.807, 2.05) is 17.5 Å². The largest absolute Gasteiger partial charge is 0.496 e. The topological polar surface area (TPSA) is 54.5 Å². The number of methoxy groups -OCH3 is 1. The first-order valence-electron chi connectivity index (χ1n) is 8.27. The third-order valence-electron chi connectivity index (χ3n) is 4.25. The fraction of sp³-hybridized carbons (Fsp3) is 0.444. The number of rotatable bonds is 5. The van der Waals surface area contributed by atoms with Crippen molar-refractivity contribution >= 4 is 22.4 Å². The van der Waals surface area contributed by atoms with E-state index in [2.05, 4.69) is 22.1 Å². The van der Waals surface area contributed by atoms with Crippen LogP contribution in [0.25, 0.3) is 0 Å². The van der Waals surface area contributed by atoms with Gasteiger partial charge in [0.1, 0.15) is 5.75 Å². The van der Waals surface area contributed by atoms with Crippen molar-refractivity contribution in [2.45, 2.75) is 26.3 Å². The predicted molar refractivity (Wildman–Crippen MR) is 96.7 cm³/mol. The smallest absolute Gasteiger partial charge is 0.261 e. The second-order valence-corrected chi connectivity index (χ2v) is 7.14. The van der Waals surface area contributed by atoms with Crippen LogP contribution in [0.4, 0.5) is 5.13 Å². The molecule has 3 rings (SSSR count). The zero-order chi connectivity index (χ0) is 16.9. The fourth-order valence-corrected chi connectivity index (χ4v) is 3.79. The second-order valence-electron chi connectivity index (χ2n) is 6.28. The van der Waals surface area contributed by atoms with E-state index < -0.39 is 0 Å². The maximum atomic E-state index is 12.4. The van der Waals surface area contributed by atoms with E-state index in [0.717, 1.165) is 31.2 Å². The molecule has 0 bridgehead atoms. The number of amides is 1. The molecule has 2 heterocycles. The molecule has 1 saturated heterocycles. The summed E-state index contributed by atoms with van der Waals surface area (Å²) in [5.41, 5.74) is 1.53. The van der Waals surface area contributed by atoms with Gasteiger partial charge < -0.3 is 4.74 Å². The number of ether oxygens (including phenoxy) is 1. The molecule has 1 atom stereocenters. The lowest BCUT2D eigenvalue weighted by atomic mass is 10.0. The Labute approximate surface area is 146 Å². The molecule has 1 N–H and O–H groups in total. The van der Waals surface area contributed by atoms with E-state index in [4.69, 9.17) is 4.74 Å². The summed E-state index contributed by atoms with van der Waals surface area (Å²) in [5.74, 6) is 1.12. The Morgan fingerprint density at radius 1 is 1.46 bits per heavy atom. The molecular formula is C18H23N3O2S. The summed E-state index contributed by atoms with van der Waals surface area (Å²) in [4.78, 5) is 19.4. The number of hydrogen-bond donors (Lipinski definition) is 1. The second kappa shape index (κ2) is 7.77. The van der Waals surface area contributed by atoms with Gasteiger partial charge in [-0.2, -0.15) is 0 Å². The first-order chi connectivity index (χ1) is 11.7. The van der Waals surface area contributed by atoms with Gasteiger partial charge in [-0.05, 0) is 37.4 Å². The van der Waals surface area contributed by atoms with Gasteiger partial charge in [0.15, 0.2) is 5.13 Å². The number of piperidine rings is 1. The van der Waals surface area contributed by atoms with Crippen LogP contribution in [-0.4, -0.2) is 36.0 Å². The van der Waals surface area contributed by atoms with Gasteiger partial charge in [-0.25, -0.2) is 4.98 Å². The molecule has 6 heteroatoms. The number of para-hydroxylation sites is 1. The Bertz CT molecular complexity index is 701. The van der Waals surface area contributed by atoms with Crippen molar-refractivity contribution in [3.05, 3.63) is 40.9 Å². The molecule has 128 valence electrons. The molecule has 1 aromatic heterocycles. The highest BCUT2D eigenvalue weighted by Gasteiger charge is 2.18. The van der Waals surface area contributed by atoms with Gasteiger partial charge in [0.25, 0.3) is 5.91 Å². The molecular weight excluding hydrogens is 322 g/mol. The summed E-state index contributed by atoms with van der Waals surface area (Å²) >= 11 is 1.46. The number of benzene rings is 1. The standard InChI is InChI=1S/C18H23N3O2S/c1-13-6-5-9-21(10-13)11-14-12-24-18(19-14)20-17(22)15-7-3-4-8-16(15)23-2/h3-4,7-8,12-13H,5-6,9-11H2,1-2H3,(H,19,20,22). The number of thiazole rings is 1. The monoisotopic (exact) mass is 345 g/mol. The van der Waals surface area contributed by atoms with Crippen LogP contribution in [0.15, 0.2) is 29.6 Å². The maximum Gasteiger partial charge on any atom is 0.261 e. The van der Waals surface area contributed by atoms with Crippen molar-refractivity contribution in [1.29, 1.82) is 0 Å². The zero-order valence-corrected chi connectivity index (χ0v) is 14.9. The van der Waals surface area contributed by atoms with E-state index in [-0.39, 0.29) is 5.91 Å². The van der Waals surface area contributed by atoms with Crippen LogP contribution < -0.4 is 10.1 Å². The van der Waals surface area contributed by atoms with Crippen molar-refractivity contribution in [1.82, 2.24) is 9.88 Å². The van der Waals surface area contributed by atoms with Crippen LogP contribution in [0, 0.1) is 5.92 Å². The Hall–Kier alpha value is -1.92. The van der Waals surface area contributed by atoms with Crippen LogP contribution in [-0.2, 0) is 6.54 Å². The van der Waals surface area contributed by atoms with Gasteiger partial charge in [-0.1, -0.05) is 19.1 Å². The molecule has 0 spiro atoms. The zero-order valence-electron chi connectivity index (χ0n) is 14.1. The first kappa shape index (κ1) is 16.9. The van der Waals surface area contributed by atoms with Gasteiger partial charge in [0.05, 0.1) is 18.4 Å². The lowest BCUT2D eigenvalue weighted by molar-refractivity contribution is 0.102. The molecule has 2 aromatic rings. The number of carbonyl (C=O) groups is 1. The molecule has 1 aliphatic heterocycles. The van der Waals surface area contributed by atoms with Crippen LogP contribution in [0.5, 0.6) is 5.75 Å². The Morgan fingerprint density at radius 3 is 3.08 bits per heavy atom. The van der Waals surface area contributed by atoms with Crippen LogP contribution >= 0.6 is 11.3 Å². The van der Waals surface area contributed by atoms with Crippen molar-refractivity contribution in [3.8, 4) is 5.75 Å². The molecule has 0 aliphatic carbocycles. The average molecular weight is 345 g/mol. The van der Waals surface area contributed by atoms with E-state index in [0.29, 0.717) is 16.4 Å². The minimum atomic E-state index is -0.194. The third-order valence-corrected chi connectivity index (χ3v) is 5.06. The molecule has 24 heavy (non-hydrogen) atoms. The quantitative estimate of drug-likeness (QED) is 0.899. The van der Waals surface area contributed by atoms with Crippen molar-refractivity contribution in [2.75, 3.05) is 25.5 Å². The van der Waals surface area contributed by atoms with Crippen LogP contribution in [0.3, 0.4) is 0 Å². The Kier molecular flexibility index (Phi) is 5.48. The molecule has 1 aromatic carbocycles. The van der Waals surface area contributed by atoms with Gasteiger partial charge in [-0.3, -0.25) is 15.0 Å². The predicted octanol–water partition coefficient (Wildman–Crippen LogP) is 3.64. The van der Waals surface area contributed by atoms with Gasteiger partial charge in [0, 0.05) is 18.5 Å². The minimum Gasteiger partial charge on any atom is -0.496 e. The molecule has 1 unspecified atom stereocenters. The summed E-state index contributed by atoms with van der Waals surface area (Å²) in [6.45, 7) is 5.41. The summed E-state index contributed by atoms with van der Waals surface area (Å²) < 4.78 is 5.24. The molecule has 1 amide bonds. The number of nitrogens with one attached hydrogen (secondary N) is 1.